The first-order chi connectivity index (χ1) is 10.8. The van der Waals surface area contributed by atoms with Gasteiger partial charge < -0.3 is 4.98 Å². The number of hydrogen-bond acceptors (Lipinski definition) is 2. The second-order valence-corrected chi connectivity index (χ2v) is 6.15. The van der Waals surface area contributed by atoms with Crippen molar-refractivity contribution in [2.24, 2.45) is 4.99 Å². The van der Waals surface area contributed by atoms with Crippen LogP contribution in [0.2, 0.25) is 0 Å². The van der Waals surface area contributed by atoms with Gasteiger partial charge in [0.15, 0.2) is 0 Å². The molecule has 2 aliphatic rings. The molecule has 0 bridgehead atoms. The summed E-state index contributed by atoms with van der Waals surface area (Å²) >= 11 is 0. The largest absolute Gasteiger partial charge is 0.361 e. The number of piperidine rings is 1. The third-order valence-electron chi connectivity index (χ3n) is 4.83. The molecule has 1 aromatic heterocycles. The standard InChI is InChI=1S/C18H20FN3/c19-14-4-5-15-16(12-21-17(15)11-14)13-6-9-22(10-7-13)18-3-1-2-8-20-18/h1,3-5,8,11-13,18,21H,2,6-7,9-10H2. The van der Waals surface area contributed by atoms with Crippen molar-refractivity contribution in [3.63, 3.8) is 0 Å². The molecule has 2 aliphatic heterocycles. The lowest BCUT2D eigenvalue weighted by atomic mass is 9.89. The molecule has 0 spiro atoms. The van der Waals surface area contributed by atoms with Crippen molar-refractivity contribution < 1.29 is 4.39 Å². The maximum absolute atomic E-state index is 13.3. The van der Waals surface area contributed by atoms with Gasteiger partial charge in [-0.15, -0.1) is 0 Å². The highest BCUT2D eigenvalue weighted by Crippen LogP contribution is 2.34. The molecule has 0 aliphatic carbocycles. The zero-order valence-electron chi connectivity index (χ0n) is 12.5. The van der Waals surface area contributed by atoms with Gasteiger partial charge in [0.1, 0.15) is 12.0 Å². The van der Waals surface area contributed by atoms with Crippen LogP contribution in [0, 0.1) is 5.82 Å². The van der Waals surface area contributed by atoms with Gasteiger partial charge in [0.25, 0.3) is 0 Å². The van der Waals surface area contributed by atoms with Crippen molar-refractivity contribution >= 4 is 17.1 Å². The van der Waals surface area contributed by atoms with E-state index < -0.39 is 0 Å². The first-order valence-corrected chi connectivity index (χ1v) is 8.00. The van der Waals surface area contributed by atoms with Gasteiger partial charge in [0.05, 0.1) is 0 Å². The minimum Gasteiger partial charge on any atom is -0.361 e. The van der Waals surface area contributed by atoms with E-state index in [1.165, 1.54) is 5.56 Å². The molecular weight excluding hydrogens is 277 g/mol. The van der Waals surface area contributed by atoms with E-state index in [0.717, 1.165) is 43.3 Å². The second kappa shape index (κ2) is 5.69. The molecule has 0 amide bonds. The number of dihydropyridines is 1. The fourth-order valence-corrected chi connectivity index (χ4v) is 3.63. The number of aliphatic imine (C=N–C) groups is 1. The number of aromatic amines is 1. The van der Waals surface area contributed by atoms with Gasteiger partial charge in [0, 0.05) is 42.8 Å². The quantitative estimate of drug-likeness (QED) is 0.839. The summed E-state index contributed by atoms with van der Waals surface area (Å²) in [5.74, 6) is 0.365. The highest BCUT2D eigenvalue weighted by atomic mass is 19.1. The number of H-pyrrole nitrogens is 1. The van der Waals surface area contributed by atoms with Crippen LogP contribution in [0.25, 0.3) is 10.9 Å². The van der Waals surface area contributed by atoms with E-state index in [-0.39, 0.29) is 12.0 Å². The Morgan fingerprint density at radius 1 is 1.23 bits per heavy atom. The minimum absolute atomic E-state index is 0.183. The molecule has 0 saturated carbocycles. The number of nitrogens with one attached hydrogen (secondary N) is 1. The lowest BCUT2D eigenvalue weighted by Gasteiger charge is -2.35. The van der Waals surface area contributed by atoms with Crippen LogP contribution >= 0.6 is 0 Å². The molecule has 4 heteroatoms. The number of rotatable bonds is 2. The maximum Gasteiger partial charge on any atom is 0.125 e. The van der Waals surface area contributed by atoms with E-state index >= 15 is 0 Å². The molecule has 0 radical (unpaired) electrons. The number of fused-ring (bicyclic) bond motifs is 1. The molecule has 22 heavy (non-hydrogen) atoms. The summed E-state index contributed by atoms with van der Waals surface area (Å²) in [7, 11) is 0. The average molecular weight is 297 g/mol. The number of halogens is 1. The van der Waals surface area contributed by atoms with Crippen LogP contribution in [0.15, 0.2) is 41.5 Å². The fourth-order valence-electron chi connectivity index (χ4n) is 3.63. The predicted molar refractivity (Wildman–Crippen MR) is 87.8 cm³/mol. The van der Waals surface area contributed by atoms with Gasteiger partial charge in [-0.1, -0.05) is 6.08 Å². The molecule has 1 fully saturated rings. The summed E-state index contributed by atoms with van der Waals surface area (Å²) < 4.78 is 13.3. The molecule has 3 heterocycles. The average Bonchev–Trinajstić information content (AvgIpc) is 2.99. The number of likely N-dealkylation sites (tertiary alicyclic amines) is 1. The summed E-state index contributed by atoms with van der Waals surface area (Å²) in [5, 5.41) is 1.16. The number of hydrogen-bond donors (Lipinski definition) is 1. The molecule has 3 nitrogen and oxygen atoms in total. The molecule has 2 aromatic rings. The summed E-state index contributed by atoms with van der Waals surface area (Å²) in [6, 6.07) is 5.03. The van der Waals surface area contributed by atoms with E-state index in [1.807, 2.05) is 12.3 Å². The maximum atomic E-state index is 13.3. The van der Waals surface area contributed by atoms with Crippen molar-refractivity contribution in [3.05, 3.63) is 47.9 Å². The van der Waals surface area contributed by atoms with Gasteiger partial charge in [-0.05, 0) is 48.6 Å². The summed E-state index contributed by atoms with van der Waals surface area (Å²) in [6.45, 7) is 2.12. The number of aromatic nitrogens is 1. The van der Waals surface area contributed by atoms with Crippen LogP contribution in [0.3, 0.4) is 0 Å². The molecular formula is C18H20FN3. The normalized spacial score (nSPS) is 23.4. The van der Waals surface area contributed by atoms with Crippen molar-refractivity contribution in [2.45, 2.75) is 31.3 Å². The van der Waals surface area contributed by atoms with Crippen LogP contribution in [0.5, 0.6) is 0 Å². The molecule has 114 valence electrons. The van der Waals surface area contributed by atoms with Crippen molar-refractivity contribution in [1.29, 1.82) is 0 Å². The first-order valence-electron chi connectivity index (χ1n) is 8.00. The highest BCUT2D eigenvalue weighted by molar-refractivity contribution is 5.83. The zero-order valence-corrected chi connectivity index (χ0v) is 12.5. The summed E-state index contributed by atoms with van der Waals surface area (Å²) in [4.78, 5) is 10.2. The van der Waals surface area contributed by atoms with E-state index in [4.69, 9.17) is 0 Å². The van der Waals surface area contributed by atoms with Crippen molar-refractivity contribution in [3.8, 4) is 0 Å². The van der Waals surface area contributed by atoms with Crippen LogP contribution in [-0.4, -0.2) is 35.4 Å². The Morgan fingerprint density at radius 2 is 2.09 bits per heavy atom. The Balaban J connectivity index is 1.49. The Kier molecular flexibility index (Phi) is 3.54. The van der Waals surface area contributed by atoms with Gasteiger partial charge in [0.2, 0.25) is 0 Å². The third kappa shape index (κ3) is 2.48. The first kappa shape index (κ1) is 13.7. The van der Waals surface area contributed by atoms with Crippen LogP contribution in [0.4, 0.5) is 4.39 Å². The monoisotopic (exact) mass is 297 g/mol. The minimum atomic E-state index is -0.183. The Labute approximate surface area is 129 Å². The molecule has 4 rings (SSSR count). The summed E-state index contributed by atoms with van der Waals surface area (Å²) in [6.07, 6.45) is 11.9. The summed E-state index contributed by atoms with van der Waals surface area (Å²) in [5.41, 5.74) is 2.23. The zero-order chi connectivity index (χ0) is 14.9. The number of nitrogens with zero attached hydrogens (tertiary/aromatic N) is 2. The van der Waals surface area contributed by atoms with Gasteiger partial charge >= 0.3 is 0 Å². The topological polar surface area (TPSA) is 31.4 Å². The SMILES string of the molecule is Fc1ccc2c(C3CCN(C4C=CCC=N4)CC3)c[nH]c2c1. The fraction of sp³-hybridized carbons (Fsp3) is 0.389. The smallest absolute Gasteiger partial charge is 0.125 e. The molecule has 1 atom stereocenters. The van der Waals surface area contributed by atoms with Gasteiger partial charge in [-0.25, -0.2) is 4.39 Å². The second-order valence-electron chi connectivity index (χ2n) is 6.15. The Morgan fingerprint density at radius 3 is 2.86 bits per heavy atom. The Hall–Kier alpha value is -1.94. The van der Waals surface area contributed by atoms with E-state index in [0.29, 0.717) is 5.92 Å². The predicted octanol–water partition coefficient (Wildman–Crippen LogP) is 3.84. The van der Waals surface area contributed by atoms with Crippen molar-refractivity contribution in [2.75, 3.05) is 13.1 Å². The van der Waals surface area contributed by atoms with Crippen molar-refractivity contribution in [1.82, 2.24) is 9.88 Å². The number of allylic oxidation sites excluding steroid dienone is 1. The Bertz CT molecular complexity index is 711. The lowest BCUT2D eigenvalue weighted by Crippen LogP contribution is -2.39. The van der Waals surface area contributed by atoms with Crippen LogP contribution in [-0.2, 0) is 0 Å². The van der Waals surface area contributed by atoms with Crippen LogP contribution in [0.1, 0.15) is 30.7 Å². The molecule has 1 saturated heterocycles. The van der Waals surface area contributed by atoms with Gasteiger partial charge in [-0.3, -0.25) is 9.89 Å². The van der Waals surface area contributed by atoms with E-state index in [9.17, 15) is 4.39 Å². The van der Waals surface area contributed by atoms with Crippen LogP contribution < -0.4 is 0 Å². The highest BCUT2D eigenvalue weighted by Gasteiger charge is 2.26. The van der Waals surface area contributed by atoms with Gasteiger partial charge in [-0.2, -0.15) is 0 Å². The van der Waals surface area contributed by atoms with E-state index in [2.05, 4.69) is 33.2 Å². The van der Waals surface area contributed by atoms with E-state index in [1.54, 1.807) is 12.1 Å². The molecule has 1 N–H and O–H groups in total. The number of benzene rings is 1. The third-order valence-corrected chi connectivity index (χ3v) is 4.83. The molecule has 1 unspecified atom stereocenters. The molecule has 1 aromatic carbocycles. The lowest BCUT2D eigenvalue weighted by molar-refractivity contribution is 0.181.